The second kappa shape index (κ2) is 12.1. The molecule has 0 bridgehead atoms. The smallest absolute Gasteiger partial charge is 0.351 e. The van der Waals surface area contributed by atoms with E-state index in [1.54, 1.807) is 19.3 Å². The van der Waals surface area contributed by atoms with Gasteiger partial charge in [0.1, 0.15) is 0 Å². The van der Waals surface area contributed by atoms with Crippen molar-refractivity contribution in [1.29, 1.82) is 0 Å². The maximum Gasteiger partial charge on any atom is 0.416 e. The molecule has 5 rings (SSSR count). The molecule has 0 aliphatic heterocycles. The Bertz CT molecular complexity index is 1670. The monoisotopic (exact) mass is 619 g/mol. The number of fused-ring (bicyclic) bond motifs is 1. The molecule has 0 spiro atoms. The molecular formula is C30H31F6N7O. The molecule has 1 aliphatic rings. The van der Waals surface area contributed by atoms with Gasteiger partial charge in [0.15, 0.2) is 5.82 Å². The summed E-state index contributed by atoms with van der Waals surface area (Å²) in [7, 11) is 1.63. The summed E-state index contributed by atoms with van der Waals surface area (Å²) in [4.78, 5) is 22.0. The summed E-state index contributed by atoms with van der Waals surface area (Å²) in [6, 6.07) is 6.88. The highest BCUT2D eigenvalue weighted by molar-refractivity contribution is 5.93. The van der Waals surface area contributed by atoms with Crippen LogP contribution in [0.25, 0.3) is 22.2 Å². The number of aryl methyl sites for hydroxylation is 2. The quantitative estimate of drug-likeness (QED) is 0.204. The number of alkyl halides is 6. The van der Waals surface area contributed by atoms with Crippen molar-refractivity contribution in [3.8, 4) is 11.3 Å². The number of aromatic nitrogens is 4. The average Bonchev–Trinajstić information content (AvgIpc) is 3.31. The lowest BCUT2D eigenvalue weighted by Crippen LogP contribution is -2.33. The van der Waals surface area contributed by atoms with Gasteiger partial charge >= 0.3 is 12.4 Å². The Morgan fingerprint density at radius 2 is 1.73 bits per heavy atom. The van der Waals surface area contributed by atoms with Crippen molar-refractivity contribution in [3.05, 3.63) is 64.8 Å². The SMILES string of the molecule is CCc1cc(-c2cc(NC(=O)Cc3cc(C(F)(F)F)ccc3C(F)(F)F)nn2C)cc2cnc(NC3CCC(N)CC3)nc12. The number of rotatable bonds is 7. The van der Waals surface area contributed by atoms with Crippen LogP contribution in [0.5, 0.6) is 0 Å². The minimum absolute atomic E-state index is 0.0363. The van der Waals surface area contributed by atoms with E-state index >= 15 is 0 Å². The van der Waals surface area contributed by atoms with Gasteiger partial charge in [0.2, 0.25) is 11.9 Å². The number of amides is 1. The van der Waals surface area contributed by atoms with E-state index < -0.39 is 41.4 Å². The highest BCUT2D eigenvalue weighted by Gasteiger charge is 2.37. The molecule has 0 saturated heterocycles. The van der Waals surface area contributed by atoms with Crippen LogP contribution in [0.2, 0.25) is 0 Å². The minimum Gasteiger partial charge on any atom is -0.351 e. The Hall–Kier alpha value is -4.20. The van der Waals surface area contributed by atoms with E-state index in [2.05, 4.69) is 20.7 Å². The molecule has 1 amide bonds. The molecular weight excluding hydrogens is 588 g/mol. The highest BCUT2D eigenvalue weighted by atomic mass is 19.4. The fraction of sp³-hybridized carbons (Fsp3) is 0.400. The predicted molar refractivity (Wildman–Crippen MR) is 154 cm³/mol. The largest absolute Gasteiger partial charge is 0.416 e. The van der Waals surface area contributed by atoms with Crippen LogP contribution in [0.15, 0.2) is 42.6 Å². The first kappa shape index (κ1) is 31.2. The number of anilines is 2. The molecule has 1 saturated carbocycles. The molecule has 2 heterocycles. The summed E-state index contributed by atoms with van der Waals surface area (Å²) in [5.74, 6) is -0.366. The van der Waals surface area contributed by atoms with Crippen LogP contribution in [0, 0.1) is 0 Å². The molecule has 44 heavy (non-hydrogen) atoms. The summed E-state index contributed by atoms with van der Waals surface area (Å²) in [5.41, 5.74) is 5.71. The second-order valence-electron chi connectivity index (χ2n) is 11.0. The molecule has 2 aromatic heterocycles. The molecule has 0 unspecified atom stereocenters. The second-order valence-corrected chi connectivity index (χ2v) is 11.0. The van der Waals surface area contributed by atoms with Gasteiger partial charge in [-0.3, -0.25) is 9.48 Å². The minimum atomic E-state index is -4.93. The number of benzene rings is 2. The lowest BCUT2D eigenvalue weighted by atomic mass is 9.92. The van der Waals surface area contributed by atoms with Crippen LogP contribution in [0.4, 0.5) is 38.1 Å². The number of hydrogen-bond donors (Lipinski definition) is 3. The number of hydrogen-bond acceptors (Lipinski definition) is 6. The Morgan fingerprint density at radius 3 is 2.39 bits per heavy atom. The van der Waals surface area contributed by atoms with Crippen molar-refractivity contribution >= 4 is 28.6 Å². The van der Waals surface area contributed by atoms with Crippen LogP contribution in [0.3, 0.4) is 0 Å². The zero-order valence-corrected chi connectivity index (χ0v) is 24.0. The third kappa shape index (κ3) is 6.95. The molecule has 4 N–H and O–H groups in total. The number of carbonyl (C=O) groups excluding carboxylic acids is 1. The summed E-state index contributed by atoms with van der Waals surface area (Å²) in [6.45, 7) is 1.99. The van der Waals surface area contributed by atoms with E-state index in [1.807, 2.05) is 19.1 Å². The van der Waals surface area contributed by atoms with Gasteiger partial charge in [0, 0.05) is 42.3 Å². The lowest BCUT2D eigenvalue weighted by molar-refractivity contribution is -0.142. The van der Waals surface area contributed by atoms with Crippen LogP contribution >= 0.6 is 0 Å². The first-order valence-electron chi connectivity index (χ1n) is 14.1. The molecule has 0 atom stereocenters. The summed E-state index contributed by atoms with van der Waals surface area (Å²) >= 11 is 0. The van der Waals surface area contributed by atoms with Crippen molar-refractivity contribution in [3.63, 3.8) is 0 Å². The number of halogens is 6. The molecule has 1 aliphatic carbocycles. The van der Waals surface area contributed by atoms with Gasteiger partial charge in [-0.15, -0.1) is 0 Å². The number of nitrogens with one attached hydrogen (secondary N) is 2. The molecule has 0 radical (unpaired) electrons. The summed E-state index contributed by atoms with van der Waals surface area (Å²) < 4.78 is 81.4. The van der Waals surface area contributed by atoms with Gasteiger partial charge in [0.25, 0.3) is 0 Å². The molecule has 8 nitrogen and oxygen atoms in total. The zero-order chi connectivity index (χ0) is 31.8. The summed E-state index contributed by atoms with van der Waals surface area (Å²) in [6.07, 6.45) is -4.54. The first-order valence-corrected chi connectivity index (χ1v) is 14.1. The van der Waals surface area contributed by atoms with E-state index in [0.717, 1.165) is 47.7 Å². The predicted octanol–water partition coefficient (Wildman–Crippen LogP) is 6.49. The van der Waals surface area contributed by atoms with Crippen LogP contribution in [-0.2, 0) is 37.0 Å². The third-order valence-corrected chi connectivity index (χ3v) is 7.78. The fourth-order valence-corrected chi connectivity index (χ4v) is 5.50. The molecule has 4 aromatic rings. The van der Waals surface area contributed by atoms with Gasteiger partial charge in [-0.2, -0.15) is 31.4 Å². The Balaban J connectivity index is 1.36. The highest BCUT2D eigenvalue weighted by Crippen LogP contribution is 2.37. The van der Waals surface area contributed by atoms with E-state index in [9.17, 15) is 31.1 Å². The standard InChI is InChI=1S/C30H31F6N7O/c1-3-16-10-18(11-19-15-38-28(41-27(16)19)39-22-7-5-21(37)6-8-22)24-14-25(42-43(24)2)40-26(44)13-17-12-20(29(31,32)33)4-9-23(17)30(34,35)36/h4,9-12,14-15,21-22H,3,5-8,13,37H2,1-2H3,(H,38,39,41)(H,40,42,44). The summed E-state index contributed by atoms with van der Waals surface area (Å²) in [5, 5.41) is 10.9. The maximum absolute atomic E-state index is 13.5. The van der Waals surface area contributed by atoms with Gasteiger partial charge in [0.05, 0.1) is 28.8 Å². The van der Waals surface area contributed by atoms with E-state index in [1.165, 1.54) is 4.68 Å². The maximum atomic E-state index is 13.5. The van der Waals surface area contributed by atoms with E-state index in [4.69, 9.17) is 10.7 Å². The van der Waals surface area contributed by atoms with Gasteiger partial charge in [-0.05, 0) is 73.6 Å². The molecule has 2 aromatic carbocycles. The van der Waals surface area contributed by atoms with Gasteiger partial charge < -0.3 is 16.4 Å². The van der Waals surface area contributed by atoms with Crippen LogP contribution < -0.4 is 16.4 Å². The van der Waals surface area contributed by atoms with E-state index in [0.29, 0.717) is 36.3 Å². The van der Waals surface area contributed by atoms with Crippen molar-refractivity contribution in [2.75, 3.05) is 10.6 Å². The molecule has 1 fully saturated rings. The van der Waals surface area contributed by atoms with Gasteiger partial charge in [-0.25, -0.2) is 9.97 Å². The van der Waals surface area contributed by atoms with E-state index in [-0.39, 0.29) is 17.9 Å². The van der Waals surface area contributed by atoms with Crippen molar-refractivity contribution in [2.45, 2.75) is 69.9 Å². The lowest BCUT2D eigenvalue weighted by Gasteiger charge is -2.26. The van der Waals surface area contributed by atoms with Gasteiger partial charge in [-0.1, -0.05) is 6.92 Å². The zero-order valence-electron chi connectivity index (χ0n) is 24.0. The first-order chi connectivity index (χ1) is 20.7. The topological polar surface area (TPSA) is 111 Å². The van der Waals surface area contributed by atoms with Crippen LogP contribution in [0.1, 0.15) is 54.9 Å². The Kier molecular flexibility index (Phi) is 8.56. The number of nitrogens with two attached hydrogens (primary N) is 1. The Morgan fingerprint density at radius 1 is 1.00 bits per heavy atom. The van der Waals surface area contributed by atoms with Crippen molar-refractivity contribution in [2.24, 2.45) is 12.8 Å². The molecule has 234 valence electrons. The average molecular weight is 620 g/mol. The fourth-order valence-electron chi connectivity index (χ4n) is 5.50. The normalized spacial score (nSPS) is 17.6. The van der Waals surface area contributed by atoms with Crippen LogP contribution in [-0.4, -0.2) is 37.7 Å². The van der Waals surface area contributed by atoms with Crippen molar-refractivity contribution < 1.29 is 31.1 Å². The number of nitrogens with zero attached hydrogens (tertiary/aromatic N) is 4. The Labute approximate surface area is 249 Å². The third-order valence-electron chi connectivity index (χ3n) is 7.78. The van der Waals surface area contributed by atoms with Crippen molar-refractivity contribution in [1.82, 2.24) is 19.7 Å². The number of carbonyl (C=O) groups is 1. The molecule has 14 heteroatoms.